The molecule has 0 unspecified atom stereocenters. The number of benzene rings is 2. The number of nitrogens with zero attached hydrogens (tertiary/aromatic N) is 2. The van der Waals surface area contributed by atoms with E-state index in [0.29, 0.717) is 11.1 Å². The summed E-state index contributed by atoms with van der Waals surface area (Å²) < 4.78 is 1.61. The molecule has 0 bridgehead atoms. The van der Waals surface area contributed by atoms with Gasteiger partial charge in [0.2, 0.25) is 0 Å². The van der Waals surface area contributed by atoms with Crippen molar-refractivity contribution < 1.29 is 24.3 Å². The molecule has 1 aliphatic rings. The van der Waals surface area contributed by atoms with Crippen molar-refractivity contribution in [2.45, 2.75) is 13.0 Å². The number of aromatic nitrogens is 1. The molecule has 2 N–H and O–H groups in total. The molecule has 162 valence electrons. The number of hydrogen-bond donors (Lipinski definition) is 2. The lowest BCUT2D eigenvalue weighted by Crippen LogP contribution is -2.54. The molecule has 32 heavy (non-hydrogen) atoms. The summed E-state index contributed by atoms with van der Waals surface area (Å²) in [6.45, 7) is 1.57. The number of halogens is 2. The van der Waals surface area contributed by atoms with Gasteiger partial charge in [0.25, 0.3) is 11.8 Å². The Morgan fingerprint density at radius 1 is 1.06 bits per heavy atom. The average molecular weight is 472 g/mol. The summed E-state index contributed by atoms with van der Waals surface area (Å²) in [6, 6.07) is 9.40. The zero-order chi connectivity index (χ0) is 23.2. The van der Waals surface area contributed by atoms with Gasteiger partial charge in [-0.2, -0.15) is 0 Å². The Morgan fingerprint density at radius 2 is 1.81 bits per heavy atom. The van der Waals surface area contributed by atoms with Crippen LogP contribution in [0.4, 0.5) is 10.5 Å². The highest BCUT2D eigenvalue weighted by atomic mass is 35.5. The van der Waals surface area contributed by atoms with Crippen LogP contribution in [-0.4, -0.2) is 33.5 Å². The smallest absolute Gasteiger partial charge is 0.335 e. The van der Waals surface area contributed by atoms with E-state index in [-0.39, 0.29) is 21.3 Å². The van der Waals surface area contributed by atoms with Crippen LogP contribution in [0.25, 0.3) is 17.0 Å². The number of aliphatic carboxylic acids is 1. The van der Waals surface area contributed by atoms with E-state index in [1.807, 2.05) is 0 Å². The van der Waals surface area contributed by atoms with Gasteiger partial charge in [-0.15, -0.1) is 0 Å². The second-order valence-corrected chi connectivity index (χ2v) is 7.93. The maximum atomic E-state index is 13.0. The number of barbiturate groups is 1. The van der Waals surface area contributed by atoms with E-state index in [4.69, 9.17) is 23.2 Å². The third-order valence-corrected chi connectivity index (χ3v) is 5.83. The van der Waals surface area contributed by atoms with Crippen LogP contribution in [0.3, 0.4) is 0 Å². The van der Waals surface area contributed by atoms with Gasteiger partial charge in [0.1, 0.15) is 11.6 Å². The standard InChI is InChI=1S/C22H15Cl2N3O5/c1-11(21(30)31)26-7-6-13-8-12(2-5-18(13)26)9-15-19(28)25-22(32)27(20(15)29)14-3-4-16(23)17(24)10-14/h2-11H,1H3,(H,30,31)(H,25,28,32)/b15-9+/t11-/m0/s1. The van der Waals surface area contributed by atoms with Crippen molar-refractivity contribution in [3.63, 3.8) is 0 Å². The van der Waals surface area contributed by atoms with Crippen molar-refractivity contribution in [3.8, 4) is 0 Å². The third-order valence-electron chi connectivity index (χ3n) is 5.09. The van der Waals surface area contributed by atoms with E-state index in [0.717, 1.165) is 10.3 Å². The fourth-order valence-corrected chi connectivity index (χ4v) is 3.70. The minimum Gasteiger partial charge on any atom is -0.480 e. The molecular weight excluding hydrogens is 457 g/mol. The Labute approximate surface area is 191 Å². The lowest BCUT2D eigenvalue weighted by atomic mass is 10.1. The van der Waals surface area contributed by atoms with Gasteiger partial charge in [-0.1, -0.05) is 29.3 Å². The summed E-state index contributed by atoms with van der Waals surface area (Å²) in [4.78, 5) is 49.8. The fraction of sp³-hybridized carbons (Fsp3) is 0.0909. The molecule has 0 radical (unpaired) electrons. The Balaban J connectivity index is 1.72. The monoisotopic (exact) mass is 471 g/mol. The molecule has 0 spiro atoms. The van der Waals surface area contributed by atoms with Gasteiger partial charge in [-0.05, 0) is 55.0 Å². The number of rotatable bonds is 4. The quantitative estimate of drug-likeness (QED) is 0.436. The molecular formula is C22H15Cl2N3O5. The first-order chi connectivity index (χ1) is 15.2. The van der Waals surface area contributed by atoms with Crippen LogP contribution in [0, 0.1) is 0 Å². The van der Waals surface area contributed by atoms with Crippen LogP contribution >= 0.6 is 23.2 Å². The van der Waals surface area contributed by atoms with Crippen LogP contribution in [0.15, 0.2) is 54.2 Å². The van der Waals surface area contributed by atoms with Crippen LogP contribution in [0.1, 0.15) is 18.5 Å². The summed E-state index contributed by atoms with van der Waals surface area (Å²) >= 11 is 11.9. The first kappa shape index (κ1) is 21.6. The zero-order valence-corrected chi connectivity index (χ0v) is 18.0. The number of amides is 4. The molecule has 1 aliphatic heterocycles. The molecule has 0 aliphatic carbocycles. The molecule has 2 heterocycles. The fourth-order valence-electron chi connectivity index (χ4n) is 3.41. The minimum absolute atomic E-state index is 0.151. The van der Waals surface area contributed by atoms with Crippen molar-refractivity contribution in [2.75, 3.05) is 4.90 Å². The molecule has 4 rings (SSSR count). The van der Waals surface area contributed by atoms with Gasteiger partial charge in [0, 0.05) is 17.1 Å². The average Bonchev–Trinajstić information content (AvgIpc) is 3.16. The van der Waals surface area contributed by atoms with Crippen LogP contribution in [-0.2, 0) is 14.4 Å². The molecule has 1 saturated heterocycles. The molecule has 1 fully saturated rings. The second kappa shape index (κ2) is 8.14. The number of carboxylic acid groups (broad SMARTS) is 1. The molecule has 1 aromatic heterocycles. The van der Waals surface area contributed by atoms with Crippen molar-refractivity contribution in [1.29, 1.82) is 0 Å². The lowest BCUT2D eigenvalue weighted by molar-refractivity contribution is -0.140. The van der Waals surface area contributed by atoms with Crippen molar-refractivity contribution in [2.24, 2.45) is 0 Å². The Bertz CT molecular complexity index is 1340. The van der Waals surface area contributed by atoms with Gasteiger partial charge in [0.15, 0.2) is 0 Å². The molecule has 4 amide bonds. The number of fused-ring (bicyclic) bond motifs is 1. The Kier molecular flexibility index (Phi) is 5.50. The highest BCUT2D eigenvalue weighted by Gasteiger charge is 2.37. The molecule has 3 aromatic rings. The van der Waals surface area contributed by atoms with E-state index < -0.39 is 29.9 Å². The number of carbonyl (C=O) groups excluding carboxylic acids is 3. The number of carboxylic acids is 1. The van der Waals surface area contributed by atoms with E-state index in [1.54, 1.807) is 42.0 Å². The van der Waals surface area contributed by atoms with Crippen LogP contribution in [0.2, 0.25) is 10.0 Å². The van der Waals surface area contributed by atoms with Crippen molar-refractivity contribution in [1.82, 2.24) is 9.88 Å². The lowest BCUT2D eigenvalue weighted by Gasteiger charge is -2.26. The summed E-state index contributed by atoms with van der Waals surface area (Å²) in [5.41, 5.74) is 1.14. The normalized spacial score (nSPS) is 16.5. The molecule has 0 saturated carbocycles. The number of anilines is 1. The minimum atomic E-state index is -0.967. The van der Waals surface area contributed by atoms with Crippen LogP contribution < -0.4 is 10.2 Å². The number of hydrogen-bond acceptors (Lipinski definition) is 4. The molecule has 2 aromatic carbocycles. The maximum Gasteiger partial charge on any atom is 0.335 e. The Hall–Kier alpha value is -3.62. The molecule has 8 nitrogen and oxygen atoms in total. The van der Waals surface area contributed by atoms with Gasteiger partial charge in [-0.25, -0.2) is 14.5 Å². The van der Waals surface area contributed by atoms with Crippen molar-refractivity contribution >= 4 is 69.7 Å². The van der Waals surface area contributed by atoms with E-state index in [1.165, 1.54) is 24.3 Å². The largest absolute Gasteiger partial charge is 0.480 e. The van der Waals surface area contributed by atoms with E-state index in [2.05, 4.69) is 5.32 Å². The van der Waals surface area contributed by atoms with E-state index in [9.17, 15) is 24.3 Å². The molecule has 1 atom stereocenters. The second-order valence-electron chi connectivity index (χ2n) is 7.11. The predicted molar refractivity (Wildman–Crippen MR) is 120 cm³/mol. The predicted octanol–water partition coefficient (Wildman–Crippen LogP) is 4.26. The van der Waals surface area contributed by atoms with Gasteiger partial charge in [0.05, 0.1) is 15.7 Å². The summed E-state index contributed by atoms with van der Waals surface area (Å²) in [5, 5.41) is 12.5. The zero-order valence-electron chi connectivity index (χ0n) is 16.5. The van der Waals surface area contributed by atoms with Gasteiger partial charge < -0.3 is 9.67 Å². The van der Waals surface area contributed by atoms with Crippen molar-refractivity contribution in [3.05, 3.63) is 69.8 Å². The summed E-state index contributed by atoms with van der Waals surface area (Å²) in [5.74, 6) is -2.60. The third kappa shape index (κ3) is 3.74. The number of urea groups is 1. The van der Waals surface area contributed by atoms with Gasteiger partial charge in [-0.3, -0.25) is 14.9 Å². The first-order valence-electron chi connectivity index (χ1n) is 9.37. The topological polar surface area (TPSA) is 109 Å². The highest BCUT2D eigenvalue weighted by molar-refractivity contribution is 6.43. The summed E-state index contributed by atoms with van der Waals surface area (Å²) in [6.07, 6.45) is 3.02. The SMILES string of the molecule is C[C@@H](C(=O)O)n1ccc2cc(/C=C3\C(=O)NC(=O)N(c4ccc(Cl)c(Cl)c4)C3=O)ccc21. The summed E-state index contributed by atoms with van der Waals surface area (Å²) in [7, 11) is 0. The van der Waals surface area contributed by atoms with E-state index >= 15 is 0 Å². The number of nitrogens with one attached hydrogen (secondary N) is 1. The number of imide groups is 2. The van der Waals surface area contributed by atoms with Crippen LogP contribution in [0.5, 0.6) is 0 Å². The van der Waals surface area contributed by atoms with Gasteiger partial charge >= 0.3 is 12.0 Å². The highest BCUT2D eigenvalue weighted by Crippen LogP contribution is 2.30. The number of carbonyl (C=O) groups is 4. The Morgan fingerprint density at radius 3 is 2.50 bits per heavy atom. The first-order valence-corrected chi connectivity index (χ1v) is 10.1. The maximum absolute atomic E-state index is 13.0. The molecule has 10 heteroatoms.